The molecular weight excluding hydrogens is 266 g/mol. The molecule has 0 aliphatic heterocycles. The van der Waals surface area contributed by atoms with Crippen LogP contribution in [0.4, 0.5) is 0 Å². The molecule has 0 saturated heterocycles. The van der Waals surface area contributed by atoms with Crippen LogP contribution in [-0.4, -0.2) is 29.8 Å². The highest BCUT2D eigenvalue weighted by Gasteiger charge is 2.17. The average molecular weight is 289 g/mol. The molecule has 1 atom stereocenters. The maximum atomic E-state index is 12.7. The number of benzene rings is 1. The summed E-state index contributed by atoms with van der Waals surface area (Å²) in [5.41, 5.74) is 0.756. The largest absolute Gasteiger partial charge is 0.383 e. The van der Waals surface area contributed by atoms with E-state index in [1.54, 1.807) is 11.7 Å². The number of fused-ring (bicyclic) bond motifs is 1. The summed E-state index contributed by atoms with van der Waals surface area (Å²) in [6, 6.07) is 7.56. The fraction of sp³-hybridized carbons (Fsp3) is 0.500. The highest BCUT2D eigenvalue weighted by molar-refractivity contribution is 5.77. The van der Waals surface area contributed by atoms with Crippen molar-refractivity contribution in [3.63, 3.8) is 0 Å². The topological polar surface area (TPSA) is 56.2 Å². The van der Waals surface area contributed by atoms with Gasteiger partial charge in [0, 0.05) is 7.11 Å². The van der Waals surface area contributed by atoms with Crippen LogP contribution in [0.5, 0.6) is 0 Å². The van der Waals surface area contributed by atoms with Crippen molar-refractivity contribution >= 4 is 10.9 Å². The van der Waals surface area contributed by atoms with Crippen molar-refractivity contribution in [3.8, 4) is 0 Å². The maximum Gasteiger partial charge on any atom is 0.261 e. The van der Waals surface area contributed by atoms with Gasteiger partial charge in [-0.1, -0.05) is 26.0 Å². The standard InChI is InChI=1S/C16H23N3O2/c1-4-13(17-5-2)15-18-14-9-7-6-8-12(14)16(20)19(15)10-11-21-3/h6-9,13,17H,4-5,10-11H2,1-3H3. The lowest BCUT2D eigenvalue weighted by Crippen LogP contribution is -2.33. The van der Waals surface area contributed by atoms with Crippen LogP contribution in [-0.2, 0) is 11.3 Å². The summed E-state index contributed by atoms with van der Waals surface area (Å²) in [7, 11) is 1.64. The number of nitrogens with one attached hydrogen (secondary N) is 1. The highest BCUT2D eigenvalue weighted by atomic mass is 16.5. The SMILES string of the molecule is CCNC(CC)c1nc2ccccc2c(=O)n1CCOC. The van der Waals surface area contributed by atoms with Crippen LogP contribution in [0.1, 0.15) is 32.1 Å². The fourth-order valence-corrected chi connectivity index (χ4v) is 2.51. The number of hydrogen-bond donors (Lipinski definition) is 1. The Morgan fingerprint density at radius 1 is 1.33 bits per heavy atom. The molecule has 0 saturated carbocycles. The fourth-order valence-electron chi connectivity index (χ4n) is 2.51. The maximum absolute atomic E-state index is 12.7. The summed E-state index contributed by atoms with van der Waals surface area (Å²) in [6.45, 7) is 6.00. The second-order valence-corrected chi connectivity index (χ2v) is 4.96. The molecule has 0 amide bonds. The van der Waals surface area contributed by atoms with E-state index in [0.717, 1.165) is 24.3 Å². The lowest BCUT2D eigenvalue weighted by molar-refractivity contribution is 0.184. The number of aromatic nitrogens is 2. The summed E-state index contributed by atoms with van der Waals surface area (Å²) in [5.74, 6) is 0.792. The van der Waals surface area contributed by atoms with Crippen molar-refractivity contribution in [1.82, 2.24) is 14.9 Å². The smallest absolute Gasteiger partial charge is 0.261 e. The van der Waals surface area contributed by atoms with E-state index >= 15 is 0 Å². The summed E-state index contributed by atoms with van der Waals surface area (Å²) in [5, 5.41) is 4.05. The molecule has 1 unspecified atom stereocenters. The summed E-state index contributed by atoms with van der Waals surface area (Å²) in [6.07, 6.45) is 0.881. The molecule has 0 radical (unpaired) electrons. The quantitative estimate of drug-likeness (QED) is 0.848. The second kappa shape index (κ2) is 7.33. The Morgan fingerprint density at radius 3 is 2.76 bits per heavy atom. The molecule has 1 aromatic carbocycles. The molecule has 1 heterocycles. The first-order valence-corrected chi connectivity index (χ1v) is 7.44. The molecule has 5 nitrogen and oxygen atoms in total. The summed E-state index contributed by atoms with van der Waals surface area (Å²) < 4.78 is 6.87. The normalized spacial score (nSPS) is 12.7. The van der Waals surface area contributed by atoms with E-state index in [9.17, 15) is 4.79 Å². The molecule has 2 aromatic rings. The molecule has 114 valence electrons. The Balaban J connectivity index is 2.62. The Morgan fingerprint density at radius 2 is 2.10 bits per heavy atom. The van der Waals surface area contributed by atoms with Gasteiger partial charge in [0.15, 0.2) is 0 Å². The van der Waals surface area contributed by atoms with Gasteiger partial charge in [0.05, 0.1) is 30.1 Å². The van der Waals surface area contributed by atoms with Gasteiger partial charge in [0.1, 0.15) is 5.82 Å². The molecule has 0 aliphatic rings. The molecule has 0 spiro atoms. The molecule has 0 aliphatic carbocycles. The average Bonchev–Trinajstić information content (AvgIpc) is 2.52. The van der Waals surface area contributed by atoms with E-state index in [0.29, 0.717) is 18.5 Å². The van der Waals surface area contributed by atoms with Gasteiger partial charge in [-0.15, -0.1) is 0 Å². The molecule has 5 heteroatoms. The molecular formula is C16H23N3O2. The van der Waals surface area contributed by atoms with Crippen molar-refractivity contribution in [1.29, 1.82) is 0 Å². The van der Waals surface area contributed by atoms with E-state index in [1.807, 2.05) is 24.3 Å². The van der Waals surface area contributed by atoms with Crippen LogP contribution in [0.15, 0.2) is 29.1 Å². The highest BCUT2D eigenvalue weighted by Crippen LogP contribution is 2.16. The molecule has 21 heavy (non-hydrogen) atoms. The lowest BCUT2D eigenvalue weighted by atomic mass is 10.1. The zero-order valence-corrected chi connectivity index (χ0v) is 12.9. The van der Waals surface area contributed by atoms with Crippen LogP contribution in [0.25, 0.3) is 10.9 Å². The zero-order valence-electron chi connectivity index (χ0n) is 12.9. The number of para-hydroxylation sites is 1. The monoisotopic (exact) mass is 289 g/mol. The van der Waals surface area contributed by atoms with E-state index in [1.165, 1.54) is 0 Å². The van der Waals surface area contributed by atoms with Gasteiger partial charge in [-0.3, -0.25) is 9.36 Å². The van der Waals surface area contributed by atoms with Crippen LogP contribution in [0, 0.1) is 0 Å². The lowest BCUT2D eigenvalue weighted by Gasteiger charge is -2.20. The number of hydrogen-bond acceptors (Lipinski definition) is 4. The predicted molar refractivity (Wildman–Crippen MR) is 84.6 cm³/mol. The number of nitrogens with zero attached hydrogens (tertiary/aromatic N) is 2. The van der Waals surface area contributed by atoms with Crippen molar-refractivity contribution in [2.75, 3.05) is 20.3 Å². The first-order chi connectivity index (χ1) is 10.2. The van der Waals surface area contributed by atoms with E-state index in [4.69, 9.17) is 9.72 Å². The van der Waals surface area contributed by atoms with Crippen LogP contribution < -0.4 is 10.9 Å². The third-order valence-electron chi connectivity index (χ3n) is 3.58. The molecule has 0 fully saturated rings. The second-order valence-electron chi connectivity index (χ2n) is 4.96. The van der Waals surface area contributed by atoms with Crippen molar-refractivity contribution < 1.29 is 4.74 Å². The summed E-state index contributed by atoms with van der Waals surface area (Å²) >= 11 is 0. The van der Waals surface area contributed by atoms with Gasteiger partial charge in [0.2, 0.25) is 0 Å². The minimum atomic E-state index is 0.00371. The van der Waals surface area contributed by atoms with E-state index in [-0.39, 0.29) is 11.6 Å². The minimum Gasteiger partial charge on any atom is -0.383 e. The Kier molecular flexibility index (Phi) is 5.47. The Hall–Kier alpha value is -1.72. The van der Waals surface area contributed by atoms with E-state index < -0.39 is 0 Å². The van der Waals surface area contributed by atoms with Crippen molar-refractivity contribution in [2.24, 2.45) is 0 Å². The van der Waals surface area contributed by atoms with Crippen LogP contribution in [0.3, 0.4) is 0 Å². The number of rotatable bonds is 7. The van der Waals surface area contributed by atoms with Crippen molar-refractivity contribution in [3.05, 3.63) is 40.4 Å². The van der Waals surface area contributed by atoms with Gasteiger partial charge in [-0.05, 0) is 25.1 Å². The Bertz CT molecular complexity index is 652. The molecule has 2 rings (SSSR count). The van der Waals surface area contributed by atoms with Gasteiger partial charge in [-0.2, -0.15) is 0 Å². The van der Waals surface area contributed by atoms with Gasteiger partial charge >= 0.3 is 0 Å². The first-order valence-electron chi connectivity index (χ1n) is 7.44. The number of ether oxygens (including phenoxy) is 1. The molecule has 1 aromatic heterocycles. The summed E-state index contributed by atoms with van der Waals surface area (Å²) in [4.78, 5) is 17.4. The Labute approximate surface area is 125 Å². The van der Waals surface area contributed by atoms with Crippen LogP contribution >= 0.6 is 0 Å². The number of methoxy groups -OCH3 is 1. The first kappa shape index (κ1) is 15.7. The molecule has 1 N–H and O–H groups in total. The predicted octanol–water partition coefficient (Wildman–Crippen LogP) is 2.10. The zero-order chi connectivity index (χ0) is 15.2. The van der Waals surface area contributed by atoms with Crippen LogP contribution in [0.2, 0.25) is 0 Å². The van der Waals surface area contributed by atoms with Gasteiger partial charge in [0.25, 0.3) is 5.56 Å². The third-order valence-corrected chi connectivity index (χ3v) is 3.58. The minimum absolute atomic E-state index is 0.00371. The van der Waals surface area contributed by atoms with E-state index in [2.05, 4.69) is 19.2 Å². The van der Waals surface area contributed by atoms with Gasteiger partial charge < -0.3 is 10.1 Å². The van der Waals surface area contributed by atoms with Gasteiger partial charge in [-0.25, -0.2) is 4.98 Å². The molecule has 0 bridgehead atoms. The van der Waals surface area contributed by atoms with Crippen molar-refractivity contribution in [2.45, 2.75) is 32.9 Å². The third kappa shape index (κ3) is 3.31.